The maximum atomic E-state index is 13.4. The number of carboxylic acid groups (broad SMARTS) is 1. The number of ether oxygens (including phenoxy) is 1. The average molecular weight is 538 g/mol. The van der Waals surface area contributed by atoms with Gasteiger partial charge in [0.2, 0.25) is 5.91 Å². The molecule has 3 aliphatic rings. The van der Waals surface area contributed by atoms with Crippen molar-refractivity contribution in [2.75, 3.05) is 42.5 Å². The molecule has 1 aromatic carbocycles. The molecule has 1 aromatic heterocycles. The summed E-state index contributed by atoms with van der Waals surface area (Å²) in [5.41, 5.74) is -0.268. The topological polar surface area (TPSA) is 124 Å². The lowest BCUT2D eigenvalue weighted by Gasteiger charge is -2.40. The third-order valence-electron chi connectivity index (χ3n) is 7.55. The first-order chi connectivity index (χ1) is 18.5. The molecule has 2 N–H and O–H groups in total. The summed E-state index contributed by atoms with van der Waals surface area (Å²) in [4.78, 5) is 55.7. The highest BCUT2D eigenvalue weighted by Crippen LogP contribution is 2.43. The normalized spacial score (nSPS) is 21.6. The highest BCUT2D eigenvalue weighted by molar-refractivity contribution is 6.09. The highest BCUT2D eigenvalue weighted by Gasteiger charge is 2.50. The van der Waals surface area contributed by atoms with Crippen LogP contribution in [0.25, 0.3) is 0 Å². The van der Waals surface area contributed by atoms with Crippen molar-refractivity contribution < 1.29 is 24.2 Å². The molecule has 208 valence electrons. The molecule has 5 rings (SSSR count). The summed E-state index contributed by atoms with van der Waals surface area (Å²) in [5, 5.41) is 12.7. The number of nitrogens with zero attached hydrogens (tertiary/aromatic N) is 4. The summed E-state index contributed by atoms with van der Waals surface area (Å²) >= 11 is 0. The van der Waals surface area contributed by atoms with E-state index in [0.717, 1.165) is 23.3 Å². The van der Waals surface area contributed by atoms with E-state index in [1.807, 2.05) is 51.1 Å². The molecule has 0 unspecified atom stereocenters. The van der Waals surface area contributed by atoms with E-state index in [0.29, 0.717) is 37.6 Å². The summed E-state index contributed by atoms with van der Waals surface area (Å²) in [7, 11) is 0. The molecule has 3 aliphatic heterocycles. The molecule has 1 atom stereocenters. The van der Waals surface area contributed by atoms with Gasteiger partial charge in [0, 0.05) is 31.7 Å². The molecule has 11 heteroatoms. The predicted octanol–water partition coefficient (Wildman–Crippen LogP) is 2.62. The molecule has 1 saturated heterocycles. The molecular weight excluding hydrogens is 502 g/mol. The van der Waals surface area contributed by atoms with Gasteiger partial charge in [0.05, 0.1) is 17.8 Å². The van der Waals surface area contributed by atoms with E-state index in [1.54, 1.807) is 9.47 Å². The van der Waals surface area contributed by atoms with E-state index in [4.69, 9.17) is 4.74 Å². The van der Waals surface area contributed by atoms with E-state index in [2.05, 4.69) is 10.2 Å². The summed E-state index contributed by atoms with van der Waals surface area (Å²) in [6, 6.07) is 12.7. The van der Waals surface area contributed by atoms with Crippen LogP contribution in [-0.2, 0) is 21.5 Å². The number of rotatable bonds is 5. The number of aromatic nitrogens is 1. The van der Waals surface area contributed by atoms with Gasteiger partial charge in [0.1, 0.15) is 18.0 Å². The van der Waals surface area contributed by atoms with Crippen LogP contribution in [0.5, 0.6) is 0 Å². The number of hydrogen-bond donors (Lipinski definition) is 2. The summed E-state index contributed by atoms with van der Waals surface area (Å²) in [6.07, 6.45) is 0.276. The summed E-state index contributed by atoms with van der Waals surface area (Å²) < 4.78 is 7.05. The van der Waals surface area contributed by atoms with Gasteiger partial charge in [-0.3, -0.25) is 24.0 Å². The number of anilines is 2. The Balaban J connectivity index is 1.44. The molecule has 0 spiro atoms. The van der Waals surface area contributed by atoms with Crippen molar-refractivity contribution in [2.45, 2.75) is 57.2 Å². The van der Waals surface area contributed by atoms with E-state index >= 15 is 0 Å². The van der Waals surface area contributed by atoms with Gasteiger partial charge in [0.15, 0.2) is 0 Å². The largest absolute Gasteiger partial charge is 0.465 e. The van der Waals surface area contributed by atoms with Crippen LogP contribution < -0.4 is 20.7 Å². The van der Waals surface area contributed by atoms with Crippen LogP contribution in [0.3, 0.4) is 0 Å². The highest BCUT2D eigenvalue weighted by atomic mass is 16.6. The zero-order valence-electron chi connectivity index (χ0n) is 22.6. The van der Waals surface area contributed by atoms with Crippen LogP contribution in [-0.4, -0.2) is 77.0 Å². The third-order valence-corrected chi connectivity index (χ3v) is 7.55. The van der Waals surface area contributed by atoms with Gasteiger partial charge in [-0.1, -0.05) is 30.3 Å². The molecule has 39 heavy (non-hydrogen) atoms. The van der Waals surface area contributed by atoms with Gasteiger partial charge >= 0.3 is 12.2 Å². The number of alkyl carbamates (subject to hydrolysis) is 1. The lowest BCUT2D eigenvalue weighted by atomic mass is 9.89. The van der Waals surface area contributed by atoms with Gasteiger partial charge < -0.3 is 20.1 Å². The molecule has 0 saturated carbocycles. The SMILES string of the molecule is CC(C)(C)OC(=O)NC1CCN(C[C@]2(Cc3ccccc3)CN3C(=O)CN(C(=O)O)c4ccc(=O)n2c43)CC1. The second kappa shape index (κ2) is 10.0. The lowest BCUT2D eigenvalue weighted by molar-refractivity contribution is -0.117. The smallest absolute Gasteiger partial charge is 0.412 e. The molecule has 3 amide bonds. The molecule has 2 aromatic rings. The minimum Gasteiger partial charge on any atom is -0.465 e. The van der Waals surface area contributed by atoms with Crippen LogP contribution in [0.1, 0.15) is 39.2 Å². The first-order valence-electron chi connectivity index (χ1n) is 13.3. The number of piperidine rings is 1. The van der Waals surface area contributed by atoms with Gasteiger partial charge in [-0.25, -0.2) is 9.59 Å². The molecule has 4 heterocycles. The quantitative estimate of drug-likeness (QED) is 0.601. The monoisotopic (exact) mass is 537 g/mol. The zero-order chi connectivity index (χ0) is 27.9. The fourth-order valence-electron chi connectivity index (χ4n) is 5.98. The standard InChI is InChI=1S/C28H35N5O6/c1-27(2,3)39-25(36)29-20-11-13-30(14-12-20)17-28(15-19-7-5-4-6-8-19)18-32-23(35)16-31(26(37)38)21-9-10-22(34)33(28)24(21)32/h4-10,20H,11-18H2,1-3H3,(H,29,36)(H,37,38)/t28-/m1/s1. The van der Waals surface area contributed by atoms with Gasteiger partial charge in [0.25, 0.3) is 5.56 Å². The summed E-state index contributed by atoms with van der Waals surface area (Å²) in [6.45, 7) is 7.35. The molecule has 1 fully saturated rings. The first-order valence-corrected chi connectivity index (χ1v) is 13.3. The number of benzene rings is 1. The number of amides is 3. The predicted molar refractivity (Wildman–Crippen MR) is 145 cm³/mol. The van der Waals surface area contributed by atoms with Crippen molar-refractivity contribution in [3.63, 3.8) is 0 Å². The number of nitrogens with one attached hydrogen (secondary N) is 1. The van der Waals surface area contributed by atoms with Crippen LogP contribution >= 0.6 is 0 Å². The van der Waals surface area contributed by atoms with E-state index in [1.165, 1.54) is 12.1 Å². The first kappa shape index (κ1) is 26.7. The third kappa shape index (κ3) is 5.36. The van der Waals surface area contributed by atoms with Gasteiger partial charge in [-0.15, -0.1) is 0 Å². The second-order valence-corrected chi connectivity index (χ2v) is 11.6. The van der Waals surface area contributed by atoms with Crippen molar-refractivity contribution in [3.8, 4) is 0 Å². The Bertz CT molecular complexity index is 1330. The van der Waals surface area contributed by atoms with Crippen molar-refractivity contribution in [1.82, 2.24) is 14.8 Å². The minimum atomic E-state index is -1.23. The van der Waals surface area contributed by atoms with E-state index < -0.39 is 23.3 Å². The van der Waals surface area contributed by atoms with Gasteiger partial charge in [-0.2, -0.15) is 0 Å². The van der Waals surface area contributed by atoms with Crippen LogP contribution in [0.2, 0.25) is 0 Å². The molecule has 0 radical (unpaired) electrons. The zero-order valence-corrected chi connectivity index (χ0v) is 22.6. The molecule has 0 bridgehead atoms. The van der Waals surface area contributed by atoms with Crippen molar-refractivity contribution in [2.24, 2.45) is 0 Å². The Morgan fingerprint density at radius 1 is 1.08 bits per heavy atom. The summed E-state index contributed by atoms with van der Waals surface area (Å²) in [5.74, 6) is -0.00184. The Morgan fingerprint density at radius 2 is 1.77 bits per heavy atom. The number of pyridine rings is 1. The Labute approximate surface area is 226 Å². The number of likely N-dealkylation sites (tertiary alicyclic amines) is 1. The fourth-order valence-corrected chi connectivity index (χ4v) is 5.98. The second-order valence-electron chi connectivity index (χ2n) is 11.6. The van der Waals surface area contributed by atoms with Gasteiger partial charge in [-0.05, 0) is 51.7 Å². The van der Waals surface area contributed by atoms with Crippen LogP contribution in [0, 0.1) is 0 Å². The molecule has 0 aliphatic carbocycles. The van der Waals surface area contributed by atoms with Crippen molar-refractivity contribution >= 4 is 29.6 Å². The van der Waals surface area contributed by atoms with Crippen LogP contribution in [0.15, 0.2) is 47.3 Å². The number of carbonyl (C=O) groups excluding carboxylic acids is 2. The molecule has 11 nitrogen and oxygen atoms in total. The fraction of sp³-hybridized carbons (Fsp3) is 0.500. The van der Waals surface area contributed by atoms with Crippen molar-refractivity contribution in [3.05, 3.63) is 58.4 Å². The number of carbonyl (C=O) groups is 3. The Kier molecular flexibility index (Phi) is 6.88. The average Bonchev–Trinajstić information content (AvgIpc) is 3.19. The maximum Gasteiger partial charge on any atom is 0.412 e. The lowest BCUT2D eigenvalue weighted by Crippen LogP contribution is -2.55. The Morgan fingerprint density at radius 3 is 2.41 bits per heavy atom. The van der Waals surface area contributed by atoms with E-state index in [9.17, 15) is 24.3 Å². The molecular formula is C28H35N5O6. The maximum absolute atomic E-state index is 13.4. The number of hydrogen-bond acceptors (Lipinski definition) is 6. The van der Waals surface area contributed by atoms with E-state index in [-0.39, 0.29) is 30.6 Å². The minimum absolute atomic E-state index is 0.0179. The Hall–Kier alpha value is -3.86. The van der Waals surface area contributed by atoms with Crippen LogP contribution in [0.4, 0.5) is 21.1 Å². The van der Waals surface area contributed by atoms with Crippen molar-refractivity contribution in [1.29, 1.82) is 0 Å².